The number of aromatic nitrogens is 1. The summed E-state index contributed by atoms with van der Waals surface area (Å²) < 4.78 is 2.27. The average Bonchev–Trinajstić information content (AvgIpc) is 3.15. The van der Waals surface area contributed by atoms with E-state index in [1.165, 1.54) is 12.1 Å². The number of phenols is 4. The third-order valence-electron chi connectivity index (χ3n) is 6.28. The lowest BCUT2D eigenvalue weighted by Gasteiger charge is -2.09. The fraction of sp³-hybridized carbons (Fsp3) is 0.143. The number of nitrogens with zero attached hydrogens (tertiary/aromatic N) is 1. The van der Waals surface area contributed by atoms with Crippen LogP contribution in [0, 0.1) is 0 Å². The Hall–Kier alpha value is -4.52. The molecular formula is C28H27N3O4. The van der Waals surface area contributed by atoms with Crippen LogP contribution in [0.1, 0.15) is 18.1 Å². The second-order valence-corrected chi connectivity index (χ2v) is 8.54. The molecule has 0 saturated heterocycles. The van der Waals surface area contributed by atoms with Crippen LogP contribution in [0.25, 0.3) is 21.8 Å². The van der Waals surface area contributed by atoms with Crippen molar-refractivity contribution in [2.75, 3.05) is 10.6 Å². The first-order valence-electron chi connectivity index (χ1n) is 11.5. The Morgan fingerprint density at radius 2 is 1.06 bits per heavy atom. The molecule has 1 heterocycles. The SMILES string of the molecule is CCn1c2ccc(NCc3ccc(O)cc3O)cc2c2cc(NCc3ccc(O)cc3O)ccc21. The van der Waals surface area contributed by atoms with Gasteiger partial charge in [-0.05, 0) is 67.6 Å². The summed E-state index contributed by atoms with van der Waals surface area (Å²) in [5.74, 6) is 0.170. The summed E-state index contributed by atoms with van der Waals surface area (Å²) in [6.45, 7) is 3.81. The maximum Gasteiger partial charge on any atom is 0.124 e. The number of aromatic hydroxyl groups is 4. The zero-order valence-corrected chi connectivity index (χ0v) is 19.3. The Morgan fingerprint density at radius 3 is 1.46 bits per heavy atom. The molecule has 0 bridgehead atoms. The number of benzene rings is 4. The summed E-state index contributed by atoms with van der Waals surface area (Å²) in [7, 11) is 0. The van der Waals surface area contributed by atoms with E-state index in [0.29, 0.717) is 24.2 Å². The van der Waals surface area contributed by atoms with Crippen LogP contribution in [0.15, 0.2) is 72.8 Å². The molecule has 0 saturated carbocycles. The maximum atomic E-state index is 10.1. The van der Waals surface area contributed by atoms with Crippen LogP contribution in [0.2, 0.25) is 0 Å². The Kier molecular flexibility index (Phi) is 5.74. The molecule has 4 aromatic carbocycles. The second kappa shape index (κ2) is 9.02. The third-order valence-corrected chi connectivity index (χ3v) is 6.28. The van der Waals surface area contributed by atoms with Crippen molar-refractivity contribution in [1.29, 1.82) is 0 Å². The number of hydrogen-bond donors (Lipinski definition) is 6. The minimum atomic E-state index is 0.0325. The molecule has 5 aromatic rings. The lowest BCUT2D eigenvalue weighted by Crippen LogP contribution is -1.99. The van der Waals surface area contributed by atoms with Gasteiger partial charge in [-0.3, -0.25) is 0 Å². The number of nitrogens with one attached hydrogen (secondary N) is 2. The van der Waals surface area contributed by atoms with Crippen molar-refractivity contribution in [3.05, 3.63) is 83.9 Å². The van der Waals surface area contributed by atoms with Gasteiger partial charge in [0.2, 0.25) is 0 Å². The molecule has 0 aliphatic rings. The predicted molar refractivity (Wildman–Crippen MR) is 139 cm³/mol. The lowest BCUT2D eigenvalue weighted by atomic mass is 10.1. The van der Waals surface area contributed by atoms with E-state index >= 15 is 0 Å². The molecule has 5 rings (SSSR count). The summed E-state index contributed by atoms with van der Waals surface area (Å²) in [6, 6.07) is 21.6. The van der Waals surface area contributed by atoms with Crippen molar-refractivity contribution < 1.29 is 20.4 Å². The predicted octanol–water partition coefficient (Wildman–Crippen LogP) is 5.86. The van der Waals surface area contributed by atoms with Crippen molar-refractivity contribution in [3.8, 4) is 23.0 Å². The summed E-state index contributed by atoms with van der Waals surface area (Å²) in [4.78, 5) is 0. The number of rotatable bonds is 7. The lowest BCUT2D eigenvalue weighted by molar-refractivity contribution is 0.445. The van der Waals surface area contributed by atoms with E-state index in [1.807, 2.05) is 12.1 Å². The standard InChI is InChI=1S/C28H27N3O4/c1-2-31-25-9-5-19(29-15-17-3-7-21(32)13-27(17)34)11-23(25)24-12-20(6-10-26(24)31)30-16-18-4-8-22(33)14-28(18)35/h3-14,29-30,32-35H,2,15-16H2,1H3. The van der Waals surface area contributed by atoms with Gasteiger partial charge in [-0.25, -0.2) is 0 Å². The van der Waals surface area contributed by atoms with E-state index in [4.69, 9.17) is 0 Å². The van der Waals surface area contributed by atoms with Gasteiger partial charge in [0.15, 0.2) is 0 Å². The monoisotopic (exact) mass is 469 g/mol. The Morgan fingerprint density at radius 1 is 0.600 bits per heavy atom. The van der Waals surface area contributed by atoms with Crippen molar-refractivity contribution in [2.45, 2.75) is 26.6 Å². The van der Waals surface area contributed by atoms with Crippen molar-refractivity contribution in [1.82, 2.24) is 4.57 Å². The molecule has 1 aromatic heterocycles. The zero-order chi connectivity index (χ0) is 24.5. The number of fused-ring (bicyclic) bond motifs is 3. The molecule has 0 amide bonds. The van der Waals surface area contributed by atoms with Gasteiger partial charge in [-0.2, -0.15) is 0 Å². The number of anilines is 2. The number of hydrogen-bond acceptors (Lipinski definition) is 6. The van der Waals surface area contributed by atoms with E-state index < -0.39 is 0 Å². The van der Waals surface area contributed by atoms with Crippen molar-refractivity contribution in [3.63, 3.8) is 0 Å². The molecule has 0 atom stereocenters. The van der Waals surface area contributed by atoms with Crippen molar-refractivity contribution in [2.24, 2.45) is 0 Å². The fourth-order valence-electron chi connectivity index (χ4n) is 4.46. The maximum absolute atomic E-state index is 10.1. The second-order valence-electron chi connectivity index (χ2n) is 8.54. The van der Waals surface area contributed by atoms with Gasteiger partial charge in [0.1, 0.15) is 23.0 Å². The quantitative estimate of drug-likeness (QED) is 0.178. The molecule has 35 heavy (non-hydrogen) atoms. The first kappa shape index (κ1) is 22.3. The third kappa shape index (κ3) is 4.36. The minimum Gasteiger partial charge on any atom is -0.508 e. The molecule has 7 nitrogen and oxygen atoms in total. The van der Waals surface area contributed by atoms with Crippen LogP contribution < -0.4 is 10.6 Å². The van der Waals surface area contributed by atoms with Gasteiger partial charge in [0, 0.05) is 76.1 Å². The van der Waals surface area contributed by atoms with E-state index in [0.717, 1.165) is 39.7 Å². The van der Waals surface area contributed by atoms with Gasteiger partial charge >= 0.3 is 0 Å². The topological polar surface area (TPSA) is 110 Å². The zero-order valence-electron chi connectivity index (χ0n) is 19.3. The van der Waals surface area contributed by atoms with Gasteiger partial charge in [0.25, 0.3) is 0 Å². The van der Waals surface area contributed by atoms with Crippen LogP contribution in [-0.2, 0) is 19.6 Å². The van der Waals surface area contributed by atoms with Crippen LogP contribution >= 0.6 is 0 Å². The number of phenolic OH excluding ortho intramolecular Hbond substituents is 4. The van der Waals surface area contributed by atoms with Crippen molar-refractivity contribution >= 4 is 33.2 Å². The van der Waals surface area contributed by atoms with Crippen LogP contribution in [-0.4, -0.2) is 25.0 Å². The molecule has 6 N–H and O–H groups in total. The summed E-state index contributed by atoms with van der Waals surface area (Å²) in [5.41, 5.74) is 5.51. The smallest absolute Gasteiger partial charge is 0.124 e. The molecular weight excluding hydrogens is 442 g/mol. The average molecular weight is 470 g/mol. The molecule has 0 radical (unpaired) electrons. The van der Waals surface area contributed by atoms with E-state index in [-0.39, 0.29) is 23.0 Å². The summed E-state index contributed by atoms with van der Waals surface area (Å²) in [5, 5.41) is 48.1. The van der Waals surface area contributed by atoms with Crippen LogP contribution in [0.5, 0.6) is 23.0 Å². The number of aryl methyl sites for hydroxylation is 1. The Balaban J connectivity index is 1.45. The van der Waals surface area contributed by atoms with E-state index in [9.17, 15) is 20.4 Å². The van der Waals surface area contributed by atoms with Gasteiger partial charge < -0.3 is 35.6 Å². The molecule has 0 unspecified atom stereocenters. The normalized spacial score (nSPS) is 11.2. The highest BCUT2D eigenvalue weighted by Crippen LogP contribution is 2.34. The Bertz CT molecular complexity index is 1430. The minimum absolute atomic E-state index is 0.0325. The first-order valence-corrected chi connectivity index (χ1v) is 11.5. The fourth-order valence-corrected chi connectivity index (χ4v) is 4.46. The highest BCUT2D eigenvalue weighted by molar-refractivity contribution is 6.10. The largest absolute Gasteiger partial charge is 0.508 e. The van der Waals surface area contributed by atoms with Crippen LogP contribution in [0.3, 0.4) is 0 Å². The molecule has 0 aliphatic carbocycles. The highest BCUT2D eigenvalue weighted by Gasteiger charge is 2.12. The molecule has 0 spiro atoms. The van der Waals surface area contributed by atoms with Gasteiger partial charge in [0.05, 0.1) is 0 Å². The summed E-state index contributed by atoms with van der Waals surface area (Å²) in [6.07, 6.45) is 0. The Labute approximate surface area is 202 Å². The molecule has 0 aliphatic heterocycles. The summed E-state index contributed by atoms with van der Waals surface area (Å²) >= 11 is 0. The van der Waals surface area contributed by atoms with E-state index in [1.54, 1.807) is 24.3 Å². The van der Waals surface area contributed by atoms with Gasteiger partial charge in [-0.1, -0.05) is 0 Å². The molecule has 7 heteroatoms. The molecule has 178 valence electrons. The first-order chi connectivity index (χ1) is 16.9. The molecule has 0 fully saturated rings. The van der Waals surface area contributed by atoms with E-state index in [2.05, 4.69) is 46.4 Å². The van der Waals surface area contributed by atoms with Crippen LogP contribution in [0.4, 0.5) is 11.4 Å². The van der Waals surface area contributed by atoms with Gasteiger partial charge in [-0.15, -0.1) is 0 Å². The highest BCUT2D eigenvalue weighted by atomic mass is 16.3.